The van der Waals surface area contributed by atoms with Crippen LogP contribution < -0.4 is 5.73 Å². The summed E-state index contributed by atoms with van der Waals surface area (Å²) in [5, 5.41) is 8.88. The van der Waals surface area contributed by atoms with Crippen LogP contribution in [-0.4, -0.2) is 17.1 Å². The highest BCUT2D eigenvalue weighted by Crippen LogP contribution is 2.21. The molecule has 0 aromatic rings. The predicted octanol–water partition coefficient (Wildman–Crippen LogP) is 1.76. The van der Waals surface area contributed by atoms with Crippen LogP contribution in [0.2, 0.25) is 0 Å². The Morgan fingerprint density at radius 3 is 2.31 bits per heavy atom. The zero-order valence-corrected chi connectivity index (χ0v) is 8.04. The van der Waals surface area contributed by atoms with Gasteiger partial charge in [-0.25, -0.2) is 0 Å². The van der Waals surface area contributed by atoms with Crippen molar-refractivity contribution in [2.45, 2.75) is 51.0 Å². The van der Waals surface area contributed by atoms with E-state index in [2.05, 4.69) is 0 Å². The standard InChI is InChI=1S/C10H19NO2/c11-9-6-2-1-4-8(10(12)13)5-3-7-9/h8-9H,1-7,11H2,(H,12,13). The third kappa shape index (κ3) is 3.77. The van der Waals surface area contributed by atoms with E-state index in [4.69, 9.17) is 10.8 Å². The summed E-state index contributed by atoms with van der Waals surface area (Å²) in [4.78, 5) is 10.8. The molecule has 0 radical (unpaired) electrons. The fourth-order valence-corrected chi connectivity index (χ4v) is 1.96. The lowest BCUT2D eigenvalue weighted by Gasteiger charge is -2.09. The van der Waals surface area contributed by atoms with Gasteiger partial charge in [0.2, 0.25) is 0 Å². The Morgan fingerprint density at radius 2 is 1.62 bits per heavy atom. The van der Waals surface area contributed by atoms with Crippen molar-refractivity contribution >= 4 is 5.97 Å². The van der Waals surface area contributed by atoms with Crippen molar-refractivity contribution < 1.29 is 9.90 Å². The number of carboxylic acid groups (broad SMARTS) is 1. The van der Waals surface area contributed by atoms with Crippen molar-refractivity contribution in [1.29, 1.82) is 0 Å². The van der Waals surface area contributed by atoms with E-state index in [0.717, 1.165) is 44.9 Å². The molecule has 1 saturated carbocycles. The van der Waals surface area contributed by atoms with Crippen LogP contribution in [-0.2, 0) is 4.79 Å². The lowest BCUT2D eigenvalue weighted by Crippen LogP contribution is -2.19. The van der Waals surface area contributed by atoms with Crippen LogP contribution in [0.5, 0.6) is 0 Å². The van der Waals surface area contributed by atoms with E-state index in [1.807, 2.05) is 0 Å². The summed E-state index contributed by atoms with van der Waals surface area (Å²) in [5.74, 6) is -0.749. The van der Waals surface area contributed by atoms with Gasteiger partial charge in [0.05, 0.1) is 5.92 Å². The van der Waals surface area contributed by atoms with E-state index in [-0.39, 0.29) is 5.92 Å². The van der Waals surface area contributed by atoms with Crippen molar-refractivity contribution in [3.05, 3.63) is 0 Å². The zero-order chi connectivity index (χ0) is 9.68. The smallest absolute Gasteiger partial charge is 0.306 e. The van der Waals surface area contributed by atoms with Gasteiger partial charge in [-0.1, -0.05) is 19.3 Å². The number of rotatable bonds is 1. The molecule has 2 unspecified atom stereocenters. The molecule has 3 N–H and O–H groups in total. The molecule has 1 aliphatic carbocycles. The van der Waals surface area contributed by atoms with Crippen molar-refractivity contribution in [3.63, 3.8) is 0 Å². The average molecular weight is 185 g/mol. The van der Waals surface area contributed by atoms with Gasteiger partial charge >= 0.3 is 5.97 Å². The minimum absolute atomic E-state index is 0.120. The molecule has 0 aromatic heterocycles. The number of nitrogens with two attached hydrogens (primary N) is 1. The van der Waals surface area contributed by atoms with Crippen LogP contribution in [0.3, 0.4) is 0 Å². The predicted molar refractivity (Wildman–Crippen MR) is 51.4 cm³/mol. The highest BCUT2D eigenvalue weighted by atomic mass is 16.4. The first-order valence-corrected chi connectivity index (χ1v) is 5.18. The molecule has 1 fully saturated rings. The monoisotopic (exact) mass is 185 g/mol. The molecule has 0 aliphatic heterocycles. The summed E-state index contributed by atoms with van der Waals surface area (Å²) in [6.07, 6.45) is 6.77. The Labute approximate surface area is 79.3 Å². The summed E-state index contributed by atoms with van der Waals surface area (Å²) in [7, 11) is 0. The third-order valence-corrected chi connectivity index (χ3v) is 2.85. The first kappa shape index (κ1) is 10.5. The molecular formula is C10H19NO2. The summed E-state index contributed by atoms with van der Waals surface area (Å²) in [5.41, 5.74) is 5.85. The Bertz CT molecular complexity index is 170. The molecule has 13 heavy (non-hydrogen) atoms. The number of hydrogen-bond donors (Lipinski definition) is 2. The van der Waals surface area contributed by atoms with Crippen LogP contribution in [0.1, 0.15) is 44.9 Å². The Hall–Kier alpha value is -0.570. The summed E-state index contributed by atoms with van der Waals surface area (Å²) >= 11 is 0. The van der Waals surface area contributed by atoms with Gasteiger partial charge < -0.3 is 10.8 Å². The third-order valence-electron chi connectivity index (χ3n) is 2.85. The van der Waals surface area contributed by atoms with Gasteiger partial charge in [0, 0.05) is 6.04 Å². The molecule has 0 heterocycles. The number of hydrogen-bond acceptors (Lipinski definition) is 2. The topological polar surface area (TPSA) is 63.3 Å². The largest absolute Gasteiger partial charge is 0.481 e. The van der Waals surface area contributed by atoms with Crippen LogP contribution >= 0.6 is 0 Å². The molecule has 3 nitrogen and oxygen atoms in total. The summed E-state index contributed by atoms with van der Waals surface area (Å²) < 4.78 is 0. The van der Waals surface area contributed by atoms with Gasteiger partial charge in [-0.05, 0) is 25.7 Å². The molecule has 0 saturated heterocycles. The van der Waals surface area contributed by atoms with Crippen LogP contribution in [0.25, 0.3) is 0 Å². The second-order valence-electron chi connectivity index (χ2n) is 4.01. The average Bonchev–Trinajstić information content (AvgIpc) is 2.16. The van der Waals surface area contributed by atoms with Crippen LogP contribution in [0, 0.1) is 5.92 Å². The summed E-state index contributed by atoms with van der Waals surface area (Å²) in [6.45, 7) is 0. The number of carboxylic acids is 1. The second-order valence-corrected chi connectivity index (χ2v) is 4.01. The zero-order valence-electron chi connectivity index (χ0n) is 8.04. The Balaban J connectivity index is 2.38. The minimum atomic E-state index is -0.629. The molecule has 3 heteroatoms. The molecule has 0 bridgehead atoms. The van der Waals surface area contributed by atoms with Crippen molar-refractivity contribution in [2.75, 3.05) is 0 Å². The van der Waals surface area contributed by atoms with Crippen LogP contribution in [0.15, 0.2) is 0 Å². The van der Waals surface area contributed by atoms with Gasteiger partial charge in [0.25, 0.3) is 0 Å². The maximum absolute atomic E-state index is 10.8. The lowest BCUT2D eigenvalue weighted by molar-refractivity contribution is -0.142. The van der Waals surface area contributed by atoms with Gasteiger partial charge in [0.1, 0.15) is 0 Å². The fraction of sp³-hybridized carbons (Fsp3) is 0.900. The molecule has 1 rings (SSSR count). The second kappa shape index (κ2) is 5.22. The van der Waals surface area contributed by atoms with Gasteiger partial charge in [-0.15, -0.1) is 0 Å². The molecule has 2 atom stereocenters. The first-order chi connectivity index (χ1) is 6.20. The first-order valence-electron chi connectivity index (χ1n) is 5.18. The van der Waals surface area contributed by atoms with Gasteiger partial charge in [-0.3, -0.25) is 4.79 Å². The molecule has 76 valence electrons. The number of carbonyl (C=O) groups is 1. The van der Waals surface area contributed by atoms with Crippen molar-refractivity contribution in [2.24, 2.45) is 11.7 Å². The molecular weight excluding hydrogens is 166 g/mol. The van der Waals surface area contributed by atoms with E-state index in [1.165, 1.54) is 0 Å². The Kier molecular flexibility index (Phi) is 4.22. The fourth-order valence-electron chi connectivity index (χ4n) is 1.96. The highest BCUT2D eigenvalue weighted by Gasteiger charge is 2.18. The molecule has 0 spiro atoms. The molecule has 1 aliphatic rings. The van der Waals surface area contributed by atoms with Crippen molar-refractivity contribution in [1.82, 2.24) is 0 Å². The molecule has 0 aromatic carbocycles. The number of aliphatic carboxylic acids is 1. The highest BCUT2D eigenvalue weighted by molar-refractivity contribution is 5.69. The van der Waals surface area contributed by atoms with E-state index in [9.17, 15) is 4.79 Å². The minimum Gasteiger partial charge on any atom is -0.481 e. The maximum atomic E-state index is 10.8. The lowest BCUT2D eigenvalue weighted by atomic mass is 9.97. The van der Waals surface area contributed by atoms with Gasteiger partial charge in [-0.2, -0.15) is 0 Å². The van der Waals surface area contributed by atoms with E-state index in [1.54, 1.807) is 0 Å². The van der Waals surface area contributed by atoms with Crippen LogP contribution in [0.4, 0.5) is 0 Å². The summed E-state index contributed by atoms with van der Waals surface area (Å²) in [6, 6.07) is 0.299. The van der Waals surface area contributed by atoms with Gasteiger partial charge in [0.15, 0.2) is 0 Å². The normalized spacial score (nSPS) is 31.5. The SMILES string of the molecule is NC1CCCCC(C(=O)O)CCC1. The van der Waals surface area contributed by atoms with E-state index in [0.29, 0.717) is 6.04 Å². The van der Waals surface area contributed by atoms with E-state index >= 15 is 0 Å². The quantitative estimate of drug-likeness (QED) is 0.654. The maximum Gasteiger partial charge on any atom is 0.306 e. The van der Waals surface area contributed by atoms with E-state index < -0.39 is 5.97 Å². The van der Waals surface area contributed by atoms with Crippen molar-refractivity contribution in [3.8, 4) is 0 Å². The Morgan fingerprint density at radius 1 is 1.08 bits per heavy atom. The molecule has 0 amide bonds.